The number of halogens is 6. The number of hydrogen-bond acceptors (Lipinski definition) is 5. The van der Waals surface area contributed by atoms with Gasteiger partial charge in [0.25, 0.3) is 0 Å². The summed E-state index contributed by atoms with van der Waals surface area (Å²) in [6, 6.07) is 5.45. The van der Waals surface area contributed by atoms with Gasteiger partial charge in [-0.3, -0.25) is 0 Å². The van der Waals surface area contributed by atoms with E-state index < -0.39 is 29.3 Å². The number of alkyl halides is 6. The van der Waals surface area contributed by atoms with Crippen molar-refractivity contribution in [3.05, 3.63) is 53.2 Å². The summed E-state index contributed by atoms with van der Waals surface area (Å²) in [6.07, 6.45) is -7.49. The van der Waals surface area contributed by atoms with Gasteiger partial charge in [-0.2, -0.15) is 26.3 Å². The van der Waals surface area contributed by atoms with E-state index in [1.807, 2.05) is 11.8 Å². The number of nitrogens with zero attached hydrogens (tertiary/aromatic N) is 2. The second-order valence-electron chi connectivity index (χ2n) is 8.56. The van der Waals surface area contributed by atoms with Crippen LogP contribution >= 0.6 is 0 Å². The summed E-state index contributed by atoms with van der Waals surface area (Å²) in [5, 5.41) is 0. The first-order valence-electron chi connectivity index (χ1n) is 10.8. The number of benzene rings is 1. The second kappa shape index (κ2) is 8.92. The quantitative estimate of drug-likeness (QED) is 0.509. The monoisotopic (exact) mass is 490 g/mol. The van der Waals surface area contributed by atoms with Crippen molar-refractivity contribution in [1.82, 2.24) is 4.98 Å². The Labute approximate surface area is 192 Å². The van der Waals surface area contributed by atoms with Gasteiger partial charge >= 0.3 is 12.4 Å². The van der Waals surface area contributed by atoms with Crippen LogP contribution in [0.1, 0.15) is 43.4 Å². The first-order chi connectivity index (χ1) is 15.9. The molecule has 0 N–H and O–H groups in total. The Balaban J connectivity index is 1.50. The van der Waals surface area contributed by atoms with Crippen molar-refractivity contribution in [3.8, 4) is 5.75 Å². The summed E-state index contributed by atoms with van der Waals surface area (Å²) >= 11 is 0. The molecule has 0 bridgehead atoms. The van der Waals surface area contributed by atoms with E-state index in [1.165, 1.54) is 12.1 Å². The number of rotatable bonds is 4. The maximum atomic E-state index is 13.3. The Kier molecular flexibility index (Phi) is 6.45. The SMILES string of the molecule is CC1C[C@H](Oc2ccc(C(F)(F)F)cc2C2(C)OCCO2)CCN1c1ccc(C(F)(F)F)cn1. The van der Waals surface area contributed by atoms with Gasteiger partial charge in [0.15, 0.2) is 5.79 Å². The number of piperidine rings is 1. The summed E-state index contributed by atoms with van der Waals surface area (Å²) in [6.45, 7) is 4.42. The van der Waals surface area contributed by atoms with E-state index in [2.05, 4.69) is 4.98 Å². The zero-order chi connectivity index (χ0) is 24.7. The van der Waals surface area contributed by atoms with E-state index >= 15 is 0 Å². The molecule has 5 nitrogen and oxygen atoms in total. The molecular weight excluding hydrogens is 466 g/mol. The summed E-state index contributed by atoms with van der Waals surface area (Å²) in [5.41, 5.74) is -1.48. The average Bonchev–Trinajstić information content (AvgIpc) is 3.20. The van der Waals surface area contributed by atoms with E-state index in [-0.39, 0.29) is 36.7 Å². The Morgan fingerprint density at radius 2 is 1.65 bits per heavy atom. The summed E-state index contributed by atoms with van der Waals surface area (Å²) in [5.74, 6) is -0.683. The van der Waals surface area contributed by atoms with E-state index in [9.17, 15) is 26.3 Å². The minimum Gasteiger partial charge on any atom is -0.490 e. The highest BCUT2D eigenvalue weighted by atomic mass is 19.4. The highest BCUT2D eigenvalue weighted by Crippen LogP contribution is 2.42. The van der Waals surface area contributed by atoms with Crippen molar-refractivity contribution in [2.45, 2.75) is 57.0 Å². The molecule has 1 aromatic heterocycles. The lowest BCUT2D eigenvalue weighted by atomic mass is 9.99. The topological polar surface area (TPSA) is 43.8 Å². The van der Waals surface area contributed by atoms with Crippen molar-refractivity contribution < 1.29 is 40.6 Å². The van der Waals surface area contributed by atoms with E-state index in [4.69, 9.17) is 14.2 Å². The molecule has 2 aromatic rings. The van der Waals surface area contributed by atoms with Crippen molar-refractivity contribution in [2.75, 3.05) is 24.7 Å². The van der Waals surface area contributed by atoms with Crippen LogP contribution < -0.4 is 9.64 Å². The first kappa shape index (κ1) is 24.6. The molecule has 0 aliphatic carbocycles. The van der Waals surface area contributed by atoms with Crippen LogP contribution in [-0.2, 0) is 27.6 Å². The molecule has 2 atom stereocenters. The van der Waals surface area contributed by atoms with Crippen LogP contribution in [-0.4, -0.2) is 36.9 Å². The summed E-state index contributed by atoms with van der Waals surface area (Å²) in [4.78, 5) is 5.85. The van der Waals surface area contributed by atoms with Gasteiger partial charge in [0.2, 0.25) is 0 Å². The maximum Gasteiger partial charge on any atom is 0.417 e. The van der Waals surface area contributed by atoms with Gasteiger partial charge < -0.3 is 19.1 Å². The highest BCUT2D eigenvalue weighted by Gasteiger charge is 2.40. The predicted molar refractivity (Wildman–Crippen MR) is 110 cm³/mol. The molecule has 0 amide bonds. The predicted octanol–water partition coefficient (Wildman–Crippen LogP) is 5.78. The molecular formula is C23H24F6N2O3. The fourth-order valence-corrected chi connectivity index (χ4v) is 4.31. The molecule has 34 heavy (non-hydrogen) atoms. The number of anilines is 1. The minimum absolute atomic E-state index is 0.115. The molecule has 2 fully saturated rings. The van der Waals surface area contributed by atoms with Gasteiger partial charge in [0.1, 0.15) is 17.7 Å². The van der Waals surface area contributed by atoms with Crippen molar-refractivity contribution in [1.29, 1.82) is 0 Å². The lowest BCUT2D eigenvalue weighted by Crippen LogP contribution is -2.45. The highest BCUT2D eigenvalue weighted by molar-refractivity contribution is 5.43. The van der Waals surface area contributed by atoms with Crippen molar-refractivity contribution >= 4 is 5.82 Å². The molecule has 11 heteroatoms. The van der Waals surface area contributed by atoms with Crippen molar-refractivity contribution in [2.24, 2.45) is 0 Å². The van der Waals surface area contributed by atoms with E-state index in [1.54, 1.807) is 6.92 Å². The van der Waals surface area contributed by atoms with Gasteiger partial charge in [0.05, 0.1) is 29.9 Å². The number of hydrogen-bond donors (Lipinski definition) is 0. The molecule has 2 saturated heterocycles. The summed E-state index contributed by atoms with van der Waals surface area (Å²) < 4.78 is 95.7. The van der Waals surface area contributed by atoms with Crippen LogP contribution in [0.4, 0.5) is 32.2 Å². The second-order valence-corrected chi connectivity index (χ2v) is 8.56. The van der Waals surface area contributed by atoms with Crippen LogP contribution in [0.3, 0.4) is 0 Å². The van der Waals surface area contributed by atoms with E-state index in [0.717, 1.165) is 24.4 Å². The van der Waals surface area contributed by atoms with Crippen LogP contribution in [0.25, 0.3) is 0 Å². The van der Waals surface area contributed by atoms with Gasteiger partial charge in [-0.15, -0.1) is 0 Å². The Morgan fingerprint density at radius 3 is 2.21 bits per heavy atom. The fraction of sp³-hybridized carbons (Fsp3) is 0.522. The number of aromatic nitrogens is 1. The molecule has 1 unspecified atom stereocenters. The van der Waals surface area contributed by atoms with Crippen LogP contribution in [0.15, 0.2) is 36.5 Å². The standard InChI is InChI=1S/C23H24F6N2O3/c1-14-11-17(7-8-31(14)20-6-4-16(13-30-20)23(27,28)29)34-19-5-3-15(22(24,25)26)12-18(19)21(2)32-9-10-33-21/h3-6,12-14,17H,7-11H2,1-2H3/t14?,17-/m1/s1. The lowest BCUT2D eigenvalue weighted by molar-refractivity contribution is -0.153. The minimum atomic E-state index is -4.53. The first-order valence-corrected chi connectivity index (χ1v) is 10.8. The number of pyridine rings is 1. The molecule has 4 rings (SSSR count). The smallest absolute Gasteiger partial charge is 0.417 e. The van der Waals surface area contributed by atoms with Gasteiger partial charge in [0, 0.05) is 31.6 Å². The van der Waals surface area contributed by atoms with Crippen LogP contribution in [0.2, 0.25) is 0 Å². The normalized spacial score (nSPS) is 23.2. The van der Waals surface area contributed by atoms with Gasteiger partial charge in [-0.25, -0.2) is 4.98 Å². The third-order valence-corrected chi connectivity index (χ3v) is 6.13. The largest absolute Gasteiger partial charge is 0.490 e. The van der Waals surface area contributed by atoms with Gasteiger partial charge in [-0.1, -0.05) is 0 Å². The Bertz CT molecular complexity index is 1000. The maximum absolute atomic E-state index is 13.3. The molecule has 0 radical (unpaired) electrons. The van der Waals surface area contributed by atoms with Crippen LogP contribution in [0.5, 0.6) is 5.75 Å². The molecule has 2 aliphatic rings. The third kappa shape index (κ3) is 5.10. The van der Waals surface area contributed by atoms with Gasteiger partial charge in [-0.05, 0) is 44.2 Å². The molecule has 186 valence electrons. The Morgan fingerprint density at radius 1 is 1.00 bits per heavy atom. The van der Waals surface area contributed by atoms with Crippen molar-refractivity contribution in [3.63, 3.8) is 0 Å². The lowest BCUT2D eigenvalue weighted by Gasteiger charge is -2.39. The summed E-state index contributed by atoms with van der Waals surface area (Å²) in [7, 11) is 0. The van der Waals surface area contributed by atoms with E-state index in [0.29, 0.717) is 25.2 Å². The molecule has 2 aliphatic heterocycles. The zero-order valence-corrected chi connectivity index (χ0v) is 18.5. The average molecular weight is 490 g/mol. The zero-order valence-electron chi connectivity index (χ0n) is 18.5. The molecule has 1 aromatic carbocycles. The Hall–Kier alpha value is -2.53. The third-order valence-electron chi connectivity index (χ3n) is 6.13. The number of ether oxygens (including phenoxy) is 3. The molecule has 3 heterocycles. The fourth-order valence-electron chi connectivity index (χ4n) is 4.31. The van der Waals surface area contributed by atoms with Crippen LogP contribution in [0, 0.1) is 0 Å². The molecule has 0 spiro atoms. The molecule has 0 saturated carbocycles.